The monoisotopic (exact) mass is 631 g/mol. The van der Waals surface area contributed by atoms with Gasteiger partial charge in [0.15, 0.2) is 5.69 Å². The molecule has 0 spiro atoms. The summed E-state index contributed by atoms with van der Waals surface area (Å²) >= 11 is 3.34. The lowest BCUT2D eigenvalue weighted by molar-refractivity contribution is -0.122. The number of fused-ring (bicyclic) bond motifs is 1. The summed E-state index contributed by atoms with van der Waals surface area (Å²) in [5.41, 5.74) is 0.532. The number of sulfonamides is 2. The molecule has 1 aromatic heterocycles. The number of carbonyl (C=O) groups excluding carboxylic acids is 1. The van der Waals surface area contributed by atoms with Gasteiger partial charge in [0.1, 0.15) is 6.04 Å². The first-order valence-corrected chi connectivity index (χ1v) is 15.3. The van der Waals surface area contributed by atoms with E-state index in [-0.39, 0.29) is 34.4 Å². The molecular formula is C25H22BrN5O6S2. The Balaban J connectivity index is 1.52. The van der Waals surface area contributed by atoms with Gasteiger partial charge in [0.05, 0.1) is 15.3 Å². The van der Waals surface area contributed by atoms with Gasteiger partial charge in [-0.15, -0.1) is 10.2 Å². The fraction of sp³-hybridized carbons (Fsp3) is 0.160. The highest BCUT2D eigenvalue weighted by atomic mass is 79.9. The molecule has 1 atom stereocenters. The van der Waals surface area contributed by atoms with Gasteiger partial charge in [-0.25, -0.2) is 16.8 Å². The maximum Gasteiger partial charge on any atom is 0.284 e. The van der Waals surface area contributed by atoms with Crippen molar-refractivity contribution in [2.45, 2.75) is 15.8 Å². The van der Waals surface area contributed by atoms with Crippen LogP contribution in [0.5, 0.6) is 5.88 Å². The number of nitrogens with one attached hydrogen (secondary N) is 1. The summed E-state index contributed by atoms with van der Waals surface area (Å²) in [5.74, 6) is -1.31. The highest BCUT2D eigenvalue weighted by Gasteiger charge is 2.43. The minimum absolute atomic E-state index is 0.0123. The number of benzene rings is 3. The predicted molar refractivity (Wildman–Crippen MR) is 147 cm³/mol. The molecule has 0 radical (unpaired) electrons. The van der Waals surface area contributed by atoms with Crippen LogP contribution in [-0.4, -0.2) is 67.1 Å². The average Bonchev–Trinajstić information content (AvgIpc) is 3.26. The number of rotatable bonds is 6. The summed E-state index contributed by atoms with van der Waals surface area (Å²) < 4.78 is 56.3. The summed E-state index contributed by atoms with van der Waals surface area (Å²) in [4.78, 5) is 16.1. The second-order valence-electron chi connectivity index (χ2n) is 8.67. The quantitative estimate of drug-likeness (QED) is 0.307. The standard InChI is InChI=1S/C25H22BrN5O6S2/c26-17-11-12-21-20(15-17)23(25(33)27-21)28-29-24(32)22-16-30(38(34,35)18-7-3-1-4-8-18)13-14-31(22)39(36,37)19-9-5-2-6-10-19/h1-12,15,22,27,33H,13-14,16H2/t22-/m1/s1. The average molecular weight is 633 g/mol. The Labute approximate surface area is 233 Å². The summed E-state index contributed by atoms with van der Waals surface area (Å²) in [7, 11) is -8.21. The van der Waals surface area contributed by atoms with E-state index in [2.05, 4.69) is 31.1 Å². The Morgan fingerprint density at radius 1 is 0.897 bits per heavy atom. The number of nitrogens with zero attached hydrogens (tertiary/aromatic N) is 4. The van der Waals surface area contributed by atoms with E-state index < -0.39 is 38.5 Å². The molecule has 39 heavy (non-hydrogen) atoms. The number of H-pyrrole nitrogens is 1. The van der Waals surface area contributed by atoms with Gasteiger partial charge in [0, 0.05) is 29.5 Å². The molecule has 3 aromatic carbocycles. The molecule has 1 aliphatic rings. The molecule has 0 aliphatic carbocycles. The fourth-order valence-corrected chi connectivity index (χ4v) is 7.73. The van der Waals surface area contributed by atoms with Crippen LogP contribution in [0.25, 0.3) is 10.9 Å². The minimum atomic E-state index is -4.18. The molecule has 5 rings (SSSR count). The number of hydrogen-bond acceptors (Lipinski definition) is 7. The molecule has 2 heterocycles. The predicted octanol–water partition coefficient (Wildman–Crippen LogP) is 4.01. The van der Waals surface area contributed by atoms with Gasteiger partial charge in [-0.2, -0.15) is 8.61 Å². The second kappa shape index (κ2) is 10.6. The van der Waals surface area contributed by atoms with Crippen LogP contribution >= 0.6 is 15.9 Å². The van der Waals surface area contributed by atoms with Crippen molar-refractivity contribution < 1.29 is 26.7 Å². The van der Waals surface area contributed by atoms with Crippen LogP contribution < -0.4 is 0 Å². The van der Waals surface area contributed by atoms with Gasteiger partial charge in [0.25, 0.3) is 5.91 Å². The number of aromatic amines is 1. The Bertz CT molecular complexity index is 1780. The summed E-state index contributed by atoms with van der Waals surface area (Å²) in [6.45, 7) is -0.908. The molecule has 0 bridgehead atoms. The smallest absolute Gasteiger partial charge is 0.284 e. The lowest BCUT2D eigenvalue weighted by atomic mass is 10.2. The zero-order chi connectivity index (χ0) is 27.8. The molecule has 14 heteroatoms. The van der Waals surface area contributed by atoms with Crippen molar-refractivity contribution in [3.8, 4) is 5.88 Å². The number of carbonyl (C=O) groups is 1. The number of hydrogen-bond donors (Lipinski definition) is 2. The van der Waals surface area contributed by atoms with E-state index >= 15 is 0 Å². The molecule has 1 amide bonds. The van der Waals surface area contributed by atoms with Gasteiger partial charge in [-0.1, -0.05) is 52.3 Å². The molecule has 4 aromatic rings. The van der Waals surface area contributed by atoms with Gasteiger partial charge in [-0.3, -0.25) is 4.79 Å². The first-order valence-electron chi connectivity index (χ1n) is 11.7. The Morgan fingerprint density at radius 2 is 1.51 bits per heavy atom. The zero-order valence-corrected chi connectivity index (χ0v) is 23.4. The van der Waals surface area contributed by atoms with E-state index in [0.29, 0.717) is 15.4 Å². The van der Waals surface area contributed by atoms with Gasteiger partial charge in [-0.05, 0) is 42.5 Å². The van der Waals surface area contributed by atoms with Crippen molar-refractivity contribution in [1.82, 2.24) is 13.6 Å². The van der Waals surface area contributed by atoms with Crippen molar-refractivity contribution >= 4 is 58.5 Å². The van der Waals surface area contributed by atoms with Crippen LogP contribution in [-0.2, 0) is 24.8 Å². The van der Waals surface area contributed by atoms with Crippen LogP contribution in [0.2, 0.25) is 0 Å². The lowest BCUT2D eigenvalue weighted by Crippen LogP contribution is -2.58. The summed E-state index contributed by atoms with van der Waals surface area (Å²) in [6, 6.07) is 18.9. The second-order valence-corrected chi connectivity index (χ2v) is 13.4. The third-order valence-corrected chi connectivity index (χ3v) is 10.6. The fourth-order valence-electron chi connectivity index (χ4n) is 4.32. The molecule has 0 unspecified atom stereocenters. The molecular weight excluding hydrogens is 610 g/mol. The van der Waals surface area contributed by atoms with E-state index in [9.17, 15) is 26.7 Å². The summed E-state index contributed by atoms with van der Waals surface area (Å²) in [5, 5.41) is 18.5. The molecule has 1 fully saturated rings. The first-order chi connectivity index (χ1) is 18.6. The van der Waals surface area contributed by atoms with Crippen molar-refractivity contribution in [2.75, 3.05) is 19.6 Å². The Hall–Kier alpha value is -3.43. The third kappa shape index (κ3) is 5.25. The van der Waals surface area contributed by atoms with Crippen LogP contribution in [0.1, 0.15) is 0 Å². The highest BCUT2D eigenvalue weighted by molar-refractivity contribution is 9.10. The first kappa shape index (κ1) is 27.1. The Kier molecular flexibility index (Phi) is 7.39. The van der Waals surface area contributed by atoms with Crippen molar-refractivity contribution in [2.24, 2.45) is 10.2 Å². The topological polar surface area (TPSA) is 153 Å². The number of halogens is 1. The minimum Gasteiger partial charge on any atom is -0.493 e. The van der Waals surface area contributed by atoms with Gasteiger partial charge >= 0.3 is 0 Å². The number of azo groups is 1. The largest absolute Gasteiger partial charge is 0.493 e. The third-order valence-electron chi connectivity index (χ3n) is 6.27. The maximum absolute atomic E-state index is 13.5. The SMILES string of the molecule is O=C(N=Nc1c(O)[nH]c2ccc(Br)cc12)[C@H]1CN(S(=O)(=O)c2ccccc2)CCN1S(=O)(=O)c1ccccc1. The maximum atomic E-state index is 13.5. The number of aromatic hydroxyl groups is 1. The van der Waals surface area contributed by atoms with Crippen LogP contribution in [0, 0.1) is 0 Å². The Morgan fingerprint density at radius 3 is 2.15 bits per heavy atom. The van der Waals surface area contributed by atoms with Gasteiger partial charge in [0.2, 0.25) is 25.9 Å². The molecule has 202 valence electrons. The van der Waals surface area contributed by atoms with Crippen molar-refractivity contribution in [3.05, 3.63) is 83.3 Å². The zero-order valence-electron chi connectivity index (χ0n) is 20.2. The van der Waals surface area contributed by atoms with E-state index in [1.807, 2.05) is 0 Å². The van der Waals surface area contributed by atoms with Crippen LogP contribution in [0.4, 0.5) is 5.69 Å². The normalized spacial score (nSPS) is 17.6. The van der Waals surface area contributed by atoms with E-state index in [4.69, 9.17) is 0 Å². The molecule has 0 saturated carbocycles. The highest BCUT2D eigenvalue weighted by Crippen LogP contribution is 2.37. The molecule has 1 saturated heterocycles. The van der Waals surface area contributed by atoms with Crippen LogP contribution in [0.3, 0.4) is 0 Å². The number of amides is 1. The number of piperazine rings is 1. The lowest BCUT2D eigenvalue weighted by Gasteiger charge is -2.38. The molecule has 1 aliphatic heterocycles. The van der Waals surface area contributed by atoms with Gasteiger partial charge < -0.3 is 10.1 Å². The van der Waals surface area contributed by atoms with E-state index in [0.717, 1.165) is 8.61 Å². The number of aromatic nitrogens is 1. The molecule has 11 nitrogen and oxygen atoms in total. The van der Waals surface area contributed by atoms with Crippen molar-refractivity contribution in [3.63, 3.8) is 0 Å². The van der Waals surface area contributed by atoms with Crippen LogP contribution in [0.15, 0.2) is 103 Å². The van der Waals surface area contributed by atoms with Crippen molar-refractivity contribution in [1.29, 1.82) is 0 Å². The molecule has 2 N–H and O–H groups in total. The summed E-state index contributed by atoms with van der Waals surface area (Å²) in [6.07, 6.45) is 0. The van der Waals surface area contributed by atoms with E-state index in [1.54, 1.807) is 54.6 Å². The van der Waals surface area contributed by atoms with E-state index in [1.165, 1.54) is 24.3 Å².